The van der Waals surface area contributed by atoms with Crippen molar-refractivity contribution in [2.45, 2.75) is 13.5 Å². The highest BCUT2D eigenvalue weighted by atomic mass is 16.6. The lowest BCUT2D eigenvalue weighted by molar-refractivity contribution is -0.750. The van der Waals surface area contributed by atoms with Crippen molar-refractivity contribution in [3.8, 4) is 5.95 Å². The van der Waals surface area contributed by atoms with Gasteiger partial charge in [0.25, 0.3) is 12.5 Å². The maximum absolute atomic E-state index is 11.6. The fraction of sp³-hybridized carbons (Fsp3) is 0.167. The number of nitrogens with zero attached hydrogens (tertiary/aromatic N) is 2. The van der Waals surface area contributed by atoms with Gasteiger partial charge in [-0.05, 0) is 31.2 Å². The maximum Gasteiger partial charge on any atom is 0.292 e. The first-order valence-electron chi connectivity index (χ1n) is 5.49. The van der Waals surface area contributed by atoms with Gasteiger partial charge in [0.05, 0.1) is 5.27 Å². The van der Waals surface area contributed by atoms with Gasteiger partial charge in [-0.3, -0.25) is 9.59 Å². The molecular weight excluding hydrogens is 250 g/mol. The summed E-state index contributed by atoms with van der Waals surface area (Å²) in [4.78, 5) is 22.7. The first-order chi connectivity index (χ1) is 9.04. The van der Waals surface area contributed by atoms with Crippen molar-refractivity contribution in [2.24, 2.45) is 0 Å². The van der Waals surface area contributed by atoms with Crippen LogP contribution in [0.4, 0.5) is 5.69 Å². The zero-order chi connectivity index (χ0) is 13.8. The van der Waals surface area contributed by atoms with Gasteiger partial charge in [0.15, 0.2) is 5.78 Å². The Morgan fingerprint density at radius 3 is 2.58 bits per heavy atom. The standard InChI is InChI=1S/C12H11N3O4/c1-8(16)9-2-4-10(5-3-9)13-11(17)6-15-7-12(18)19-14-15/h2-5,7H,6H2,1H3,(H-,13,14,16,17,18). The minimum Gasteiger partial charge on any atom is -0.539 e. The van der Waals surface area contributed by atoms with Crippen LogP contribution in [0.25, 0.3) is 0 Å². The van der Waals surface area contributed by atoms with E-state index in [2.05, 4.69) is 15.1 Å². The summed E-state index contributed by atoms with van der Waals surface area (Å²) in [6, 6.07) is 6.50. The van der Waals surface area contributed by atoms with Gasteiger partial charge < -0.3 is 14.9 Å². The van der Waals surface area contributed by atoms with Crippen molar-refractivity contribution in [3.63, 3.8) is 0 Å². The van der Waals surface area contributed by atoms with Gasteiger partial charge in [0.2, 0.25) is 6.20 Å². The molecule has 0 radical (unpaired) electrons. The van der Waals surface area contributed by atoms with Crippen LogP contribution in [0.5, 0.6) is 5.95 Å². The smallest absolute Gasteiger partial charge is 0.292 e. The maximum atomic E-state index is 11.6. The normalized spacial score (nSPS) is 10.2. The van der Waals surface area contributed by atoms with E-state index < -0.39 is 5.95 Å². The Hall–Kier alpha value is -2.70. The first kappa shape index (κ1) is 12.7. The summed E-state index contributed by atoms with van der Waals surface area (Å²) >= 11 is 0. The molecule has 2 aromatic rings. The molecule has 0 atom stereocenters. The predicted molar refractivity (Wildman–Crippen MR) is 61.2 cm³/mol. The van der Waals surface area contributed by atoms with E-state index in [4.69, 9.17) is 0 Å². The zero-order valence-electron chi connectivity index (χ0n) is 10.1. The molecule has 0 saturated carbocycles. The topological polar surface area (TPSA) is 99.1 Å². The monoisotopic (exact) mass is 261 g/mol. The summed E-state index contributed by atoms with van der Waals surface area (Å²) in [6.45, 7) is 1.34. The van der Waals surface area contributed by atoms with Crippen LogP contribution >= 0.6 is 0 Å². The third-order valence-corrected chi connectivity index (χ3v) is 2.37. The van der Waals surface area contributed by atoms with E-state index in [0.717, 1.165) is 10.9 Å². The molecular formula is C12H11N3O4. The number of amides is 1. The molecule has 0 spiro atoms. The van der Waals surface area contributed by atoms with E-state index >= 15 is 0 Å². The summed E-state index contributed by atoms with van der Waals surface area (Å²) in [6.07, 6.45) is 1.08. The Morgan fingerprint density at radius 1 is 1.37 bits per heavy atom. The lowest BCUT2D eigenvalue weighted by atomic mass is 10.1. The minimum absolute atomic E-state index is 0.0426. The fourth-order valence-electron chi connectivity index (χ4n) is 1.47. The van der Waals surface area contributed by atoms with Crippen LogP contribution in [0.15, 0.2) is 35.0 Å². The average molecular weight is 261 g/mol. The minimum atomic E-state index is -0.612. The largest absolute Gasteiger partial charge is 0.539 e. The number of rotatable bonds is 4. The third kappa shape index (κ3) is 3.38. The number of carbonyl (C=O) groups excluding carboxylic acids is 2. The van der Waals surface area contributed by atoms with E-state index in [1.54, 1.807) is 24.3 Å². The molecule has 1 amide bonds. The van der Waals surface area contributed by atoms with Crippen LogP contribution < -0.4 is 15.1 Å². The van der Waals surface area contributed by atoms with Gasteiger partial charge in [-0.2, -0.15) is 0 Å². The second-order valence-electron chi connectivity index (χ2n) is 3.90. The van der Waals surface area contributed by atoms with Crippen molar-refractivity contribution < 1.29 is 23.9 Å². The Morgan fingerprint density at radius 2 is 2.05 bits per heavy atom. The highest BCUT2D eigenvalue weighted by Gasteiger charge is 2.12. The van der Waals surface area contributed by atoms with E-state index in [-0.39, 0.29) is 18.2 Å². The molecule has 98 valence electrons. The van der Waals surface area contributed by atoms with Crippen LogP contribution in [-0.2, 0) is 11.3 Å². The van der Waals surface area contributed by atoms with Gasteiger partial charge in [-0.25, -0.2) is 0 Å². The van der Waals surface area contributed by atoms with Gasteiger partial charge in [0, 0.05) is 11.3 Å². The molecule has 7 nitrogen and oxygen atoms in total. The summed E-state index contributed by atoms with van der Waals surface area (Å²) in [5.74, 6) is -1.01. The quantitative estimate of drug-likeness (QED) is 0.611. The Bertz CT molecular complexity index is 604. The summed E-state index contributed by atoms with van der Waals surface area (Å²) in [7, 11) is 0. The van der Waals surface area contributed by atoms with Crippen LogP contribution in [0.3, 0.4) is 0 Å². The number of benzene rings is 1. The molecule has 1 heterocycles. The molecule has 0 bridgehead atoms. The molecule has 19 heavy (non-hydrogen) atoms. The molecule has 0 aliphatic rings. The molecule has 0 saturated heterocycles. The number of anilines is 1. The molecule has 1 aromatic heterocycles. The SMILES string of the molecule is CC(=O)c1ccc(NC(=O)C[n+]2cc([O-])on2)cc1. The van der Waals surface area contributed by atoms with Crippen LogP contribution in [0, 0.1) is 0 Å². The van der Waals surface area contributed by atoms with E-state index in [1.165, 1.54) is 6.92 Å². The Kier molecular flexibility index (Phi) is 3.56. The number of carbonyl (C=O) groups is 2. The lowest BCUT2D eigenvalue weighted by Crippen LogP contribution is -2.41. The van der Waals surface area contributed by atoms with Gasteiger partial charge >= 0.3 is 0 Å². The second kappa shape index (κ2) is 5.30. The molecule has 1 aromatic carbocycles. The molecule has 1 N–H and O–H groups in total. The van der Waals surface area contributed by atoms with Crippen LogP contribution in [0.2, 0.25) is 0 Å². The van der Waals surface area contributed by atoms with Gasteiger partial charge in [-0.15, -0.1) is 0 Å². The summed E-state index contributed by atoms with van der Waals surface area (Å²) < 4.78 is 5.40. The van der Waals surface area contributed by atoms with Crippen LogP contribution in [-0.4, -0.2) is 17.0 Å². The molecule has 0 aliphatic heterocycles. The molecule has 7 heteroatoms. The number of aromatic nitrogens is 2. The number of hydrogen-bond acceptors (Lipinski definition) is 5. The Labute approximate surface area is 108 Å². The van der Waals surface area contributed by atoms with E-state index in [0.29, 0.717) is 11.3 Å². The van der Waals surface area contributed by atoms with E-state index in [1.807, 2.05) is 0 Å². The number of hydrogen-bond donors (Lipinski definition) is 1. The van der Waals surface area contributed by atoms with Crippen molar-refractivity contribution in [1.29, 1.82) is 0 Å². The predicted octanol–water partition coefficient (Wildman–Crippen LogP) is -0.123. The van der Waals surface area contributed by atoms with Crippen molar-refractivity contribution in [2.75, 3.05) is 5.32 Å². The van der Waals surface area contributed by atoms with Crippen molar-refractivity contribution in [3.05, 3.63) is 36.0 Å². The fourth-order valence-corrected chi connectivity index (χ4v) is 1.47. The number of Topliss-reactive ketones (excluding diaryl/α,β-unsaturated/α-hetero) is 1. The van der Waals surface area contributed by atoms with Crippen molar-refractivity contribution in [1.82, 2.24) is 5.27 Å². The third-order valence-electron chi connectivity index (χ3n) is 2.37. The second-order valence-corrected chi connectivity index (χ2v) is 3.90. The van der Waals surface area contributed by atoms with Crippen LogP contribution in [0.1, 0.15) is 17.3 Å². The molecule has 2 rings (SSSR count). The number of nitrogens with one attached hydrogen (secondary N) is 1. The number of ketones is 1. The molecule has 0 aliphatic carbocycles. The highest BCUT2D eigenvalue weighted by Crippen LogP contribution is 2.09. The molecule has 0 fully saturated rings. The average Bonchev–Trinajstić information content (AvgIpc) is 2.75. The van der Waals surface area contributed by atoms with Gasteiger partial charge in [0.1, 0.15) is 5.95 Å². The summed E-state index contributed by atoms with van der Waals surface area (Å²) in [5, 5.41) is 16.7. The molecule has 0 unspecified atom stereocenters. The zero-order valence-corrected chi connectivity index (χ0v) is 10.1. The van der Waals surface area contributed by atoms with Crippen molar-refractivity contribution >= 4 is 17.4 Å². The first-order valence-corrected chi connectivity index (χ1v) is 5.49. The Balaban J connectivity index is 1.97. The lowest BCUT2D eigenvalue weighted by Gasteiger charge is -2.02. The van der Waals surface area contributed by atoms with E-state index in [9.17, 15) is 14.7 Å². The van der Waals surface area contributed by atoms with Gasteiger partial charge in [-0.1, -0.05) is 4.68 Å². The summed E-state index contributed by atoms with van der Waals surface area (Å²) in [5.41, 5.74) is 1.13. The highest BCUT2D eigenvalue weighted by molar-refractivity contribution is 5.95.